The van der Waals surface area contributed by atoms with E-state index in [1.54, 1.807) is 0 Å². The van der Waals surface area contributed by atoms with Gasteiger partial charge in [-0.05, 0) is 40.7 Å². The average molecular weight is 291 g/mol. The number of aromatic nitrogens is 4. The molecule has 0 aliphatic rings. The Morgan fingerprint density at radius 1 is 1.24 bits per heavy atom. The van der Waals surface area contributed by atoms with Crippen molar-refractivity contribution >= 4 is 0 Å². The molecule has 0 aliphatic carbocycles. The minimum atomic E-state index is -0.00994. The summed E-state index contributed by atoms with van der Waals surface area (Å²) in [6, 6.07) is 2.44. The van der Waals surface area contributed by atoms with Crippen molar-refractivity contribution in [2.45, 2.75) is 66.2 Å². The molecule has 0 spiro atoms. The van der Waals surface area contributed by atoms with Gasteiger partial charge in [0.25, 0.3) is 0 Å². The van der Waals surface area contributed by atoms with E-state index in [1.165, 1.54) is 0 Å². The molecule has 0 bridgehead atoms. The smallest absolute Gasteiger partial charge is 0.230 e. The standard InChI is InChI=1S/C15H25N5O/c1-11(2)20-8-7-13(18-20)9-19(15(4,5)6)10-14-17-16-12(3)21-14/h7-8,11H,9-10H2,1-6H3. The van der Waals surface area contributed by atoms with Gasteiger partial charge in [0.1, 0.15) is 0 Å². The summed E-state index contributed by atoms with van der Waals surface area (Å²) >= 11 is 0. The molecule has 0 saturated heterocycles. The highest BCUT2D eigenvalue weighted by Crippen LogP contribution is 2.20. The van der Waals surface area contributed by atoms with E-state index in [0.29, 0.717) is 24.4 Å². The Morgan fingerprint density at radius 3 is 2.43 bits per heavy atom. The van der Waals surface area contributed by atoms with Crippen LogP contribution in [0.1, 0.15) is 58.1 Å². The van der Waals surface area contributed by atoms with Crippen LogP contribution in [0.4, 0.5) is 0 Å². The lowest BCUT2D eigenvalue weighted by atomic mass is 10.1. The normalized spacial score (nSPS) is 12.6. The van der Waals surface area contributed by atoms with Crippen molar-refractivity contribution in [2.75, 3.05) is 0 Å². The highest BCUT2D eigenvalue weighted by atomic mass is 16.4. The molecule has 0 amide bonds. The Morgan fingerprint density at radius 2 is 1.95 bits per heavy atom. The van der Waals surface area contributed by atoms with Crippen molar-refractivity contribution in [1.82, 2.24) is 24.9 Å². The first-order chi connectivity index (χ1) is 9.75. The molecule has 0 aliphatic heterocycles. The lowest BCUT2D eigenvalue weighted by Crippen LogP contribution is -2.40. The van der Waals surface area contributed by atoms with Crippen LogP contribution in [0.2, 0.25) is 0 Å². The fourth-order valence-electron chi connectivity index (χ4n) is 2.04. The Bertz CT molecular complexity index is 579. The maximum Gasteiger partial charge on any atom is 0.230 e. The van der Waals surface area contributed by atoms with Gasteiger partial charge in [-0.15, -0.1) is 10.2 Å². The minimum Gasteiger partial charge on any atom is -0.424 e. The van der Waals surface area contributed by atoms with Crippen molar-refractivity contribution in [2.24, 2.45) is 0 Å². The lowest BCUT2D eigenvalue weighted by molar-refractivity contribution is 0.104. The second-order valence-electron chi connectivity index (χ2n) is 6.62. The van der Waals surface area contributed by atoms with Crippen molar-refractivity contribution in [1.29, 1.82) is 0 Å². The molecule has 2 aromatic heterocycles. The van der Waals surface area contributed by atoms with Crippen LogP contribution >= 0.6 is 0 Å². The van der Waals surface area contributed by atoms with Crippen LogP contribution in [0.3, 0.4) is 0 Å². The summed E-state index contributed by atoms with van der Waals surface area (Å²) < 4.78 is 7.48. The zero-order valence-electron chi connectivity index (χ0n) is 13.8. The molecule has 0 atom stereocenters. The van der Waals surface area contributed by atoms with E-state index in [2.05, 4.69) is 60.9 Å². The van der Waals surface area contributed by atoms with Gasteiger partial charge in [0, 0.05) is 31.2 Å². The van der Waals surface area contributed by atoms with Crippen molar-refractivity contribution in [3.8, 4) is 0 Å². The summed E-state index contributed by atoms with van der Waals surface area (Å²) in [6.07, 6.45) is 2.03. The van der Waals surface area contributed by atoms with Crippen LogP contribution in [0.15, 0.2) is 16.7 Å². The molecule has 0 aromatic carbocycles. The first kappa shape index (κ1) is 15.7. The fraction of sp³-hybridized carbons (Fsp3) is 0.667. The van der Waals surface area contributed by atoms with E-state index in [0.717, 1.165) is 12.2 Å². The SMILES string of the molecule is Cc1nnc(CN(Cc2ccn(C(C)C)n2)C(C)(C)C)o1. The quantitative estimate of drug-likeness (QED) is 0.847. The summed E-state index contributed by atoms with van der Waals surface area (Å²) in [4.78, 5) is 2.28. The second-order valence-corrected chi connectivity index (χ2v) is 6.62. The third-order valence-corrected chi connectivity index (χ3v) is 3.39. The first-order valence-corrected chi connectivity index (χ1v) is 7.34. The van der Waals surface area contributed by atoms with Gasteiger partial charge in [-0.2, -0.15) is 5.10 Å². The number of nitrogens with zero attached hydrogens (tertiary/aromatic N) is 5. The molecule has 0 radical (unpaired) electrons. The van der Waals surface area contributed by atoms with Crippen molar-refractivity contribution in [3.63, 3.8) is 0 Å². The van der Waals surface area contributed by atoms with Gasteiger partial charge in [-0.3, -0.25) is 9.58 Å². The third-order valence-electron chi connectivity index (χ3n) is 3.39. The molecule has 21 heavy (non-hydrogen) atoms. The maximum atomic E-state index is 5.50. The molecule has 2 aromatic rings. The van der Waals surface area contributed by atoms with E-state index in [1.807, 2.05) is 17.8 Å². The lowest BCUT2D eigenvalue weighted by Gasteiger charge is -2.33. The number of rotatable bonds is 5. The molecule has 6 heteroatoms. The van der Waals surface area contributed by atoms with E-state index in [9.17, 15) is 0 Å². The predicted molar refractivity (Wildman–Crippen MR) is 80.6 cm³/mol. The summed E-state index contributed by atoms with van der Waals surface area (Å²) in [5, 5.41) is 12.6. The molecular weight excluding hydrogens is 266 g/mol. The van der Waals surface area contributed by atoms with Gasteiger partial charge in [-0.1, -0.05) is 0 Å². The van der Waals surface area contributed by atoms with Gasteiger partial charge in [-0.25, -0.2) is 0 Å². The summed E-state index contributed by atoms with van der Waals surface area (Å²) in [5.74, 6) is 1.24. The van der Waals surface area contributed by atoms with E-state index >= 15 is 0 Å². The average Bonchev–Trinajstić information content (AvgIpc) is 2.96. The van der Waals surface area contributed by atoms with Gasteiger partial charge in [0.05, 0.1) is 12.2 Å². The van der Waals surface area contributed by atoms with E-state index in [4.69, 9.17) is 4.42 Å². The highest BCUT2D eigenvalue weighted by Gasteiger charge is 2.24. The van der Waals surface area contributed by atoms with Gasteiger partial charge in [0.15, 0.2) is 0 Å². The molecule has 0 saturated carbocycles. The summed E-state index contributed by atoms with van der Waals surface area (Å²) in [7, 11) is 0. The predicted octanol–water partition coefficient (Wildman–Crippen LogP) is 2.96. The van der Waals surface area contributed by atoms with Crippen molar-refractivity contribution in [3.05, 3.63) is 29.7 Å². The minimum absolute atomic E-state index is 0.00994. The molecule has 0 unspecified atom stereocenters. The van der Waals surface area contributed by atoms with Crippen LogP contribution in [-0.4, -0.2) is 30.4 Å². The first-order valence-electron chi connectivity index (χ1n) is 7.34. The van der Waals surface area contributed by atoms with Gasteiger partial charge < -0.3 is 4.42 Å². The van der Waals surface area contributed by atoms with E-state index in [-0.39, 0.29) is 5.54 Å². The summed E-state index contributed by atoms with van der Waals surface area (Å²) in [6.45, 7) is 14.0. The highest BCUT2D eigenvalue weighted by molar-refractivity contribution is 5.01. The van der Waals surface area contributed by atoms with Crippen LogP contribution in [-0.2, 0) is 13.1 Å². The zero-order valence-corrected chi connectivity index (χ0v) is 13.8. The number of aryl methyl sites for hydroxylation is 1. The van der Waals surface area contributed by atoms with Crippen LogP contribution in [0.5, 0.6) is 0 Å². The monoisotopic (exact) mass is 291 g/mol. The Hall–Kier alpha value is -1.69. The maximum absolute atomic E-state index is 5.50. The fourth-order valence-corrected chi connectivity index (χ4v) is 2.04. The Balaban J connectivity index is 2.12. The second kappa shape index (κ2) is 5.97. The molecule has 6 nitrogen and oxygen atoms in total. The molecule has 0 fully saturated rings. The molecule has 0 N–H and O–H groups in total. The van der Waals surface area contributed by atoms with Crippen LogP contribution in [0, 0.1) is 6.92 Å². The third kappa shape index (κ3) is 4.14. The molecule has 116 valence electrons. The molecule has 2 rings (SSSR count). The topological polar surface area (TPSA) is 60.0 Å². The Kier molecular flexibility index (Phi) is 4.46. The van der Waals surface area contributed by atoms with Crippen LogP contribution in [0.25, 0.3) is 0 Å². The van der Waals surface area contributed by atoms with Crippen LogP contribution < -0.4 is 0 Å². The molecular formula is C15H25N5O. The van der Waals surface area contributed by atoms with Crippen molar-refractivity contribution < 1.29 is 4.42 Å². The number of hydrogen-bond acceptors (Lipinski definition) is 5. The van der Waals surface area contributed by atoms with E-state index < -0.39 is 0 Å². The Labute approximate surface area is 126 Å². The molecule has 2 heterocycles. The van der Waals surface area contributed by atoms with Gasteiger partial charge in [0.2, 0.25) is 11.8 Å². The summed E-state index contributed by atoms with van der Waals surface area (Å²) in [5.41, 5.74) is 1.04. The van der Waals surface area contributed by atoms with Gasteiger partial charge >= 0.3 is 0 Å². The zero-order chi connectivity index (χ0) is 15.6. The number of hydrogen-bond donors (Lipinski definition) is 0. The largest absolute Gasteiger partial charge is 0.424 e.